The van der Waals surface area contributed by atoms with Gasteiger partial charge in [-0.05, 0) is 6.42 Å². The molecule has 0 aromatic heterocycles. The maximum Gasteiger partial charge on any atom is 0.307 e. The molecule has 0 spiro atoms. The van der Waals surface area contributed by atoms with Crippen LogP contribution in [0.3, 0.4) is 0 Å². The Balaban J connectivity index is 2.63. The lowest BCUT2D eigenvalue weighted by atomic mass is 10.1. The number of hydrogen-bond donors (Lipinski definition) is 1. The predicted octanol–water partition coefficient (Wildman–Crippen LogP) is 0.917. The maximum atomic E-state index is 11.0. The first kappa shape index (κ1) is 10.1. The van der Waals surface area contributed by atoms with E-state index in [-0.39, 0.29) is 12.1 Å². The lowest BCUT2D eigenvalue weighted by Gasteiger charge is -2.27. The highest BCUT2D eigenvalue weighted by Gasteiger charge is 2.40. The first-order valence-electron chi connectivity index (χ1n) is 4.46. The molecule has 0 radical (unpaired) electrons. The largest absolute Gasteiger partial charge is 0.492 e. The van der Waals surface area contributed by atoms with Gasteiger partial charge in [-0.2, -0.15) is 0 Å². The topological polar surface area (TPSA) is 61.5 Å². The van der Waals surface area contributed by atoms with Crippen LogP contribution in [0.15, 0.2) is 12.3 Å². The highest BCUT2D eigenvalue weighted by Crippen LogP contribution is 2.24. The number of esters is 1. The molecular formula is C9H15NO3. The Morgan fingerprint density at radius 2 is 2.38 bits per heavy atom. The summed E-state index contributed by atoms with van der Waals surface area (Å²) in [4.78, 5) is 11.0. The van der Waals surface area contributed by atoms with E-state index < -0.39 is 5.72 Å². The molecule has 0 aromatic carbocycles. The molecule has 0 saturated carbocycles. The molecule has 0 aromatic rings. The van der Waals surface area contributed by atoms with Crippen LogP contribution < -0.4 is 5.73 Å². The van der Waals surface area contributed by atoms with Crippen molar-refractivity contribution in [3.63, 3.8) is 0 Å². The van der Waals surface area contributed by atoms with Crippen LogP contribution in [0.25, 0.3) is 0 Å². The monoisotopic (exact) mass is 185 g/mol. The van der Waals surface area contributed by atoms with E-state index in [1.54, 1.807) is 13.0 Å². The zero-order valence-electron chi connectivity index (χ0n) is 7.95. The van der Waals surface area contributed by atoms with E-state index in [9.17, 15) is 4.79 Å². The summed E-state index contributed by atoms with van der Waals surface area (Å²) >= 11 is 0. The first-order chi connectivity index (χ1) is 6.12. The van der Waals surface area contributed by atoms with Crippen LogP contribution in [0.4, 0.5) is 0 Å². The predicted molar refractivity (Wildman–Crippen MR) is 47.6 cm³/mol. The number of carbonyl (C=O) groups excluding carboxylic acids is 1. The van der Waals surface area contributed by atoms with Crippen LogP contribution >= 0.6 is 0 Å². The Kier molecular flexibility index (Phi) is 2.93. The van der Waals surface area contributed by atoms with Gasteiger partial charge in [0.2, 0.25) is 5.72 Å². The summed E-state index contributed by atoms with van der Waals surface area (Å²) in [5.74, 6) is -0.309. The minimum absolute atomic E-state index is 0.261. The Labute approximate surface area is 77.7 Å². The van der Waals surface area contributed by atoms with Gasteiger partial charge in [0.15, 0.2) is 6.10 Å². The van der Waals surface area contributed by atoms with E-state index in [2.05, 4.69) is 0 Å². The second-order valence-electron chi connectivity index (χ2n) is 3.02. The molecule has 1 heterocycles. The van der Waals surface area contributed by atoms with Gasteiger partial charge in [-0.3, -0.25) is 10.5 Å². The van der Waals surface area contributed by atoms with Gasteiger partial charge >= 0.3 is 5.97 Å². The molecule has 4 nitrogen and oxygen atoms in total. The molecule has 0 saturated heterocycles. The molecule has 0 bridgehead atoms. The van der Waals surface area contributed by atoms with Crippen LogP contribution in [0, 0.1) is 0 Å². The van der Waals surface area contributed by atoms with Crippen molar-refractivity contribution < 1.29 is 14.3 Å². The fraction of sp³-hybridized carbons (Fsp3) is 0.667. The SMILES string of the molecule is CCC(=O)OC1(N)C=COC1CC. The number of nitrogens with two attached hydrogens (primary N) is 1. The quantitative estimate of drug-likeness (QED) is 0.524. The maximum absolute atomic E-state index is 11.0. The minimum atomic E-state index is -1.07. The van der Waals surface area contributed by atoms with E-state index in [0.29, 0.717) is 12.8 Å². The van der Waals surface area contributed by atoms with Crippen molar-refractivity contribution >= 4 is 5.97 Å². The summed E-state index contributed by atoms with van der Waals surface area (Å²) in [5, 5.41) is 0. The third kappa shape index (κ3) is 2.01. The van der Waals surface area contributed by atoms with Crippen LogP contribution in [-0.4, -0.2) is 17.8 Å². The molecule has 0 amide bonds. The zero-order valence-corrected chi connectivity index (χ0v) is 7.95. The molecule has 4 heteroatoms. The molecule has 13 heavy (non-hydrogen) atoms. The average Bonchev–Trinajstić information content (AvgIpc) is 2.46. The van der Waals surface area contributed by atoms with E-state index in [1.807, 2.05) is 6.92 Å². The molecule has 74 valence electrons. The van der Waals surface area contributed by atoms with Gasteiger partial charge in [0.25, 0.3) is 0 Å². The Morgan fingerprint density at radius 1 is 1.69 bits per heavy atom. The molecule has 1 rings (SSSR count). The summed E-state index contributed by atoms with van der Waals surface area (Å²) in [6.45, 7) is 3.66. The van der Waals surface area contributed by atoms with E-state index in [4.69, 9.17) is 15.2 Å². The van der Waals surface area contributed by atoms with Crippen molar-refractivity contribution in [1.29, 1.82) is 0 Å². The van der Waals surface area contributed by atoms with Crippen molar-refractivity contribution in [3.8, 4) is 0 Å². The third-order valence-electron chi connectivity index (χ3n) is 2.02. The standard InChI is InChI=1S/C9H15NO3/c1-3-7-9(10,5-6-12-7)13-8(11)4-2/h5-7H,3-4,10H2,1-2H3. The number of carbonyl (C=O) groups is 1. The molecule has 0 aliphatic carbocycles. The normalized spacial score (nSPS) is 31.5. The van der Waals surface area contributed by atoms with Crippen molar-refractivity contribution in [2.45, 2.75) is 38.5 Å². The van der Waals surface area contributed by atoms with Crippen LogP contribution in [-0.2, 0) is 14.3 Å². The Morgan fingerprint density at radius 3 is 2.92 bits per heavy atom. The minimum Gasteiger partial charge on any atom is -0.492 e. The summed E-state index contributed by atoms with van der Waals surface area (Å²) in [7, 11) is 0. The third-order valence-corrected chi connectivity index (χ3v) is 2.02. The smallest absolute Gasteiger partial charge is 0.307 e. The Bertz CT molecular complexity index is 227. The second-order valence-corrected chi connectivity index (χ2v) is 3.02. The molecule has 2 N–H and O–H groups in total. The molecule has 2 unspecified atom stereocenters. The summed E-state index contributed by atoms with van der Waals surface area (Å²) in [5.41, 5.74) is 4.77. The summed E-state index contributed by atoms with van der Waals surface area (Å²) in [6.07, 6.45) is 3.83. The van der Waals surface area contributed by atoms with Crippen molar-refractivity contribution in [1.82, 2.24) is 0 Å². The van der Waals surface area contributed by atoms with Gasteiger partial charge in [0, 0.05) is 12.5 Å². The van der Waals surface area contributed by atoms with Gasteiger partial charge in [-0.1, -0.05) is 13.8 Å². The zero-order chi connectivity index (χ0) is 9.90. The van der Waals surface area contributed by atoms with E-state index in [1.165, 1.54) is 6.26 Å². The van der Waals surface area contributed by atoms with Gasteiger partial charge in [0.05, 0.1) is 6.26 Å². The van der Waals surface area contributed by atoms with E-state index >= 15 is 0 Å². The summed E-state index contributed by atoms with van der Waals surface area (Å²) < 4.78 is 10.3. The van der Waals surface area contributed by atoms with Gasteiger partial charge in [-0.25, -0.2) is 0 Å². The highest BCUT2D eigenvalue weighted by atomic mass is 16.6. The van der Waals surface area contributed by atoms with Gasteiger partial charge < -0.3 is 9.47 Å². The average molecular weight is 185 g/mol. The van der Waals surface area contributed by atoms with Crippen molar-refractivity contribution in [3.05, 3.63) is 12.3 Å². The lowest BCUT2D eigenvalue weighted by molar-refractivity contribution is -0.161. The molecular weight excluding hydrogens is 170 g/mol. The Hall–Kier alpha value is -1.03. The number of ether oxygens (including phenoxy) is 2. The van der Waals surface area contributed by atoms with Gasteiger partial charge in [-0.15, -0.1) is 0 Å². The molecule has 1 aliphatic heterocycles. The molecule has 2 atom stereocenters. The van der Waals surface area contributed by atoms with Crippen molar-refractivity contribution in [2.75, 3.05) is 0 Å². The van der Waals surface area contributed by atoms with Crippen LogP contribution in [0.2, 0.25) is 0 Å². The van der Waals surface area contributed by atoms with Crippen LogP contribution in [0.1, 0.15) is 26.7 Å². The fourth-order valence-corrected chi connectivity index (χ4v) is 1.24. The molecule has 1 aliphatic rings. The number of rotatable bonds is 3. The summed E-state index contributed by atoms with van der Waals surface area (Å²) in [6, 6.07) is 0. The van der Waals surface area contributed by atoms with E-state index in [0.717, 1.165) is 0 Å². The number of hydrogen-bond acceptors (Lipinski definition) is 4. The lowest BCUT2D eigenvalue weighted by Crippen LogP contribution is -2.50. The molecule has 0 fully saturated rings. The van der Waals surface area contributed by atoms with Crippen LogP contribution in [0.5, 0.6) is 0 Å². The van der Waals surface area contributed by atoms with Gasteiger partial charge in [0.1, 0.15) is 0 Å². The second kappa shape index (κ2) is 3.79. The van der Waals surface area contributed by atoms with Crippen molar-refractivity contribution in [2.24, 2.45) is 5.73 Å². The highest BCUT2D eigenvalue weighted by molar-refractivity contribution is 5.69. The fourth-order valence-electron chi connectivity index (χ4n) is 1.24. The first-order valence-corrected chi connectivity index (χ1v) is 4.46.